The second kappa shape index (κ2) is 7.12. The fraction of sp³-hybridized carbons (Fsp3) is 0.389. The summed E-state index contributed by atoms with van der Waals surface area (Å²) in [6, 6.07) is 14.7. The molecule has 0 radical (unpaired) electrons. The molecule has 0 spiro atoms. The van der Waals surface area contributed by atoms with E-state index >= 15 is 0 Å². The average molecular weight is 319 g/mol. The number of carbonyl (C=O) groups excluding carboxylic acids is 1. The van der Waals surface area contributed by atoms with Gasteiger partial charge in [-0.15, -0.1) is 12.4 Å². The summed E-state index contributed by atoms with van der Waals surface area (Å²) < 4.78 is 0. The predicted octanol–water partition coefficient (Wildman–Crippen LogP) is 3.00. The van der Waals surface area contributed by atoms with Crippen LogP contribution in [0.25, 0.3) is 10.8 Å². The van der Waals surface area contributed by atoms with Gasteiger partial charge in [-0.1, -0.05) is 42.5 Å². The summed E-state index contributed by atoms with van der Waals surface area (Å²) in [5, 5.41) is 2.41. The lowest BCUT2D eigenvalue weighted by atomic mass is 10.0. The Balaban J connectivity index is 0.00000176. The number of fused-ring (bicyclic) bond motifs is 1. The van der Waals surface area contributed by atoms with Crippen molar-refractivity contribution >= 4 is 29.1 Å². The largest absolute Gasteiger partial charge is 0.342 e. The van der Waals surface area contributed by atoms with Crippen LogP contribution in [0.3, 0.4) is 0 Å². The molecule has 1 saturated heterocycles. The third-order valence-corrected chi connectivity index (χ3v) is 4.49. The summed E-state index contributed by atoms with van der Waals surface area (Å²) in [4.78, 5) is 14.4. The number of hydrogen-bond donors (Lipinski definition) is 1. The van der Waals surface area contributed by atoms with Crippen molar-refractivity contribution in [2.75, 3.05) is 13.1 Å². The summed E-state index contributed by atoms with van der Waals surface area (Å²) >= 11 is 0. The first-order chi connectivity index (χ1) is 10.1. The van der Waals surface area contributed by atoms with Crippen LogP contribution in [-0.4, -0.2) is 29.9 Å². The molecule has 2 aromatic carbocycles. The molecule has 0 aromatic heterocycles. The number of benzene rings is 2. The number of likely N-dealkylation sites (tertiary alicyclic amines) is 1. The third-order valence-electron chi connectivity index (χ3n) is 4.49. The van der Waals surface area contributed by atoms with Crippen molar-refractivity contribution in [1.82, 2.24) is 4.90 Å². The Labute approximate surface area is 137 Å². The normalized spacial score (nSPS) is 19.0. The Morgan fingerprint density at radius 3 is 2.68 bits per heavy atom. The van der Waals surface area contributed by atoms with Crippen LogP contribution in [0.15, 0.2) is 42.5 Å². The highest BCUT2D eigenvalue weighted by Gasteiger charge is 2.28. The zero-order chi connectivity index (χ0) is 14.8. The zero-order valence-electron chi connectivity index (χ0n) is 12.9. The molecule has 1 heterocycles. The first-order valence-electron chi connectivity index (χ1n) is 7.64. The molecule has 0 aliphatic carbocycles. The van der Waals surface area contributed by atoms with Gasteiger partial charge in [0.25, 0.3) is 0 Å². The van der Waals surface area contributed by atoms with E-state index < -0.39 is 0 Å². The van der Waals surface area contributed by atoms with E-state index in [-0.39, 0.29) is 24.4 Å². The van der Waals surface area contributed by atoms with E-state index in [1.807, 2.05) is 24.0 Å². The van der Waals surface area contributed by atoms with Crippen LogP contribution >= 0.6 is 12.4 Å². The fourth-order valence-corrected chi connectivity index (χ4v) is 3.08. The van der Waals surface area contributed by atoms with Crippen molar-refractivity contribution in [2.24, 2.45) is 11.7 Å². The van der Waals surface area contributed by atoms with Crippen molar-refractivity contribution < 1.29 is 4.79 Å². The molecule has 118 valence electrons. The molecule has 3 rings (SSSR count). The molecule has 1 fully saturated rings. The Morgan fingerprint density at radius 1 is 1.27 bits per heavy atom. The van der Waals surface area contributed by atoms with E-state index in [4.69, 9.17) is 5.73 Å². The number of nitrogens with two attached hydrogens (primary N) is 1. The second-order valence-electron chi connectivity index (χ2n) is 6.11. The van der Waals surface area contributed by atoms with Gasteiger partial charge >= 0.3 is 0 Å². The van der Waals surface area contributed by atoms with Crippen LogP contribution in [0.4, 0.5) is 0 Å². The number of hydrogen-bond acceptors (Lipinski definition) is 2. The smallest absolute Gasteiger partial charge is 0.226 e. The number of nitrogens with zero attached hydrogens (tertiary/aromatic N) is 1. The van der Waals surface area contributed by atoms with Gasteiger partial charge in [0.15, 0.2) is 0 Å². The second-order valence-corrected chi connectivity index (χ2v) is 6.11. The van der Waals surface area contributed by atoms with Crippen molar-refractivity contribution in [3.05, 3.63) is 48.0 Å². The maximum atomic E-state index is 12.4. The summed E-state index contributed by atoms with van der Waals surface area (Å²) in [7, 11) is 0. The van der Waals surface area contributed by atoms with Crippen molar-refractivity contribution in [1.29, 1.82) is 0 Å². The minimum absolute atomic E-state index is 0. The Kier molecular flexibility index (Phi) is 5.43. The van der Waals surface area contributed by atoms with Crippen LogP contribution in [-0.2, 0) is 11.2 Å². The molecule has 2 N–H and O–H groups in total. The predicted molar refractivity (Wildman–Crippen MR) is 93.2 cm³/mol. The lowest BCUT2D eigenvalue weighted by Crippen LogP contribution is -2.33. The molecule has 1 aliphatic heterocycles. The van der Waals surface area contributed by atoms with Crippen molar-refractivity contribution in [3.8, 4) is 0 Å². The maximum absolute atomic E-state index is 12.4. The molecule has 1 aliphatic rings. The molecule has 2 unspecified atom stereocenters. The van der Waals surface area contributed by atoms with Gasteiger partial charge < -0.3 is 10.6 Å². The van der Waals surface area contributed by atoms with Crippen LogP contribution in [0.5, 0.6) is 0 Å². The van der Waals surface area contributed by atoms with Crippen LogP contribution in [0.1, 0.15) is 18.9 Å². The number of rotatable bonds is 3. The topological polar surface area (TPSA) is 46.3 Å². The zero-order valence-corrected chi connectivity index (χ0v) is 13.7. The lowest BCUT2D eigenvalue weighted by molar-refractivity contribution is -0.129. The maximum Gasteiger partial charge on any atom is 0.226 e. The molecule has 4 heteroatoms. The van der Waals surface area contributed by atoms with Crippen LogP contribution in [0, 0.1) is 5.92 Å². The van der Waals surface area contributed by atoms with E-state index in [0.717, 1.165) is 25.1 Å². The summed E-state index contributed by atoms with van der Waals surface area (Å²) in [6.45, 7) is 3.69. The van der Waals surface area contributed by atoms with Gasteiger partial charge in [0.2, 0.25) is 5.91 Å². The van der Waals surface area contributed by atoms with Gasteiger partial charge in [-0.2, -0.15) is 0 Å². The number of amides is 1. The average Bonchev–Trinajstić information content (AvgIpc) is 2.97. The van der Waals surface area contributed by atoms with Gasteiger partial charge in [-0.25, -0.2) is 0 Å². The quantitative estimate of drug-likeness (QED) is 0.945. The van der Waals surface area contributed by atoms with Gasteiger partial charge in [-0.3, -0.25) is 4.79 Å². The van der Waals surface area contributed by atoms with Gasteiger partial charge in [-0.05, 0) is 35.6 Å². The van der Waals surface area contributed by atoms with Gasteiger partial charge in [0.05, 0.1) is 6.42 Å². The number of halogens is 1. The Hall–Kier alpha value is -1.58. The first-order valence-corrected chi connectivity index (χ1v) is 7.64. The monoisotopic (exact) mass is 318 g/mol. The lowest BCUT2D eigenvalue weighted by Gasteiger charge is -2.18. The first kappa shape index (κ1) is 16.8. The van der Waals surface area contributed by atoms with Crippen LogP contribution in [0.2, 0.25) is 0 Å². The van der Waals surface area contributed by atoms with Gasteiger partial charge in [0.1, 0.15) is 0 Å². The Bertz CT molecular complexity index is 656. The summed E-state index contributed by atoms with van der Waals surface area (Å²) in [5.74, 6) is 0.666. The van der Waals surface area contributed by atoms with Crippen molar-refractivity contribution in [3.63, 3.8) is 0 Å². The highest BCUT2D eigenvalue weighted by Crippen LogP contribution is 2.21. The molecular formula is C18H23ClN2O. The van der Waals surface area contributed by atoms with Crippen LogP contribution < -0.4 is 5.73 Å². The number of carbonyl (C=O) groups is 1. The fourth-order valence-electron chi connectivity index (χ4n) is 3.08. The molecule has 2 atom stereocenters. The summed E-state index contributed by atoms with van der Waals surface area (Å²) in [6.07, 6.45) is 1.51. The molecule has 22 heavy (non-hydrogen) atoms. The van der Waals surface area contributed by atoms with Gasteiger partial charge in [0, 0.05) is 19.1 Å². The van der Waals surface area contributed by atoms with E-state index in [1.54, 1.807) is 0 Å². The minimum atomic E-state index is 0. The Morgan fingerprint density at radius 2 is 2.00 bits per heavy atom. The van der Waals surface area contributed by atoms with Crippen molar-refractivity contribution in [2.45, 2.75) is 25.8 Å². The molecule has 0 bridgehead atoms. The van der Waals surface area contributed by atoms with E-state index in [0.29, 0.717) is 12.3 Å². The van der Waals surface area contributed by atoms with E-state index in [2.05, 4.69) is 30.3 Å². The van der Waals surface area contributed by atoms with E-state index in [1.165, 1.54) is 10.8 Å². The molecule has 1 amide bonds. The summed E-state index contributed by atoms with van der Waals surface area (Å²) in [5.41, 5.74) is 7.02. The molecule has 0 saturated carbocycles. The SMILES string of the molecule is CC(N)C1CCN(C(=O)Cc2ccc3ccccc3c2)C1.Cl. The molecular weight excluding hydrogens is 296 g/mol. The molecule has 3 nitrogen and oxygen atoms in total. The highest BCUT2D eigenvalue weighted by atomic mass is 35.5. The minimum Gasteiger partial charge on any atom is -0.342 e. The standard InChI is InChI=1S/C18H22N2O.ClH/c1-13(19)17-8-9-20(12-17)18(21)11-14-6-7-15-4-2-3-5-16(15)10-14;/h2-7,10,13,17H,8-9,11-12,19H2,1H3;1H. The van der Waals surface area contributed by atoms with E-state index in [9.17, 15) is 4.79 Å². The molecule has 2 aromatic rings. The highest BCUT2D eigenvalue weighted by molar-refractivity contribution is 5.86. The third kappa shape index (κ3) is 3.60.